The Morgan fingerprint density at radius 2 is 2.00 bits per heavy atom. The normalized spacial score (nSPS) is 27.0. The molecular weight excluding hydrogens is 228 g/mol. The molecular formula is C14H26N2O2. The lowest BCUT2D eigenvalue weighted by Crippen LogP contribution is -2.39. The highest BCUT2D eigenvalue weighted by Gasteiger charge is 2.34. The first kappa shape index (κ1) is 13.7. The number of hydrogen-bond donors (Lipinski definition) is 0. The van der Waals surface area contributed by atoms with Crippen LogP contribution < -0.4 is 0 Å². The Kier molecular flexibility index (Phi) is 4.49. The SMILES string of the molecule is CC(C)C1COC(=O)N1CCC1CCN(C)CC1. The van der Waals surface area contributed by atoms with Crippen LogP contribution in [-0.4, -0.2) is 55.2 Å². The minimum absolute atomic E-state index is 0.110. The molecule has 0 saturated carbocycles. The quantitative estimate of drug-likeness (QED) is 0.771. The van der Waals surface area contributed by atoms with Gasteiger partial charge in [0.2, 0.25) is 0 Å². The highest BCUT2D eigenvalue weighted by atomic mass is 16.6. The Balaban J connectivity index is 1.79. The molecule has 2 aliphatic heterocycles. The molecule has 104 valence electrons. The molecule has 2 aliphatic rings. The number of piperidine rings is 1. The Hall–Kier alpha value is -0.770. The molecule has 0 radical (unpaired) electrons. The summed E-state index contributed by atoms with van der Waals surface area (Å²) in [7, 11) is 2.18. The third-order valence-corrected chi connectivity index (χ3v) is 4.40. The molecule has 4 nitrogen and oxygen atoms in total. The van der Waals surface area contributed by atoms with Crippen LogP contribution >= 0.6 is 0 Å². The number of carbonyl (C=O) groups excluding carboxylic acids is 1. The van der Waals surface area contributed by atoms with Crippen molar-refractivity contribution in [2.45, 2.75) is 39.2 Å². The van der Waals surface area contributed by atoms with Crippen LogP contribution in [0.15, 0.2) is 0 Å². The Morgan fingerprint density at radius 3 is 2.61 bits per heavy atom. The predicted molar refractivity (Wildman–Crippen MR) is 71.5 cm³/mol. The number of amides is 1. The van der Waals surface area contributed by atoms with Gasteiger partial charge in [0.05, 0.1) is 6.04 Å². The zero-order valence-corrected chi connectivity index (χ0v) is 11.9. The number of ether oxygens (including phenoxy) is 1. The summed E-state index contributed by atoms with van der Waals surface area (Å²) in [5.74, 6) is 1.26. The third-order valence-electron chi connectivity index (χ3n) is 4.40. The lowest BCUT2D eigenvalue weighted by Gasteiger charge is -2.31. The number of cyclic esters (lactones) is 1. The standard InChI is InChI=1S/C14H26N2O2/c1-11(2)13-10-18-14(17)16(13)9-6-12-4-7-15(3)8-5-12/h11-13H,4-10H2,1-3H3. The highest BCUT2D eigenvalue weighted by Crippen LogP contribution is 2.24. The number of hydrogen-bond acceptors (Lipinski definition) is 3. The molecule has 2 saturated heterocycles. The maximum absolute atomic E-state index is 11.7. The van der Waals surface area contributed by atoms with Gasteiger partial charge in [-0.05, 0) is 51.2 Å². The van der Waals surface area contributed by atoms with Crippen LogP contribution in [0.3, 0.4) is 0 Å². The first-order valence-corrected chi connectivity index (χ1v) is 7.20. The number of carbonyl (C=O) groups is 1. The fraction of sp³-hybridized carbons (Fsp3) is 0.929. The second kappa shape index (κ2) is 5.91. The van der Waals surface area contributed by atoms with E-state index in [1.165, 1.54) is 25.9 Å². The summed E-state index contributed by atoms with van der Waals surface area (Å²) in [4.78, 5) is 16.0. The van der Waals surface area contributed by atoms with E-state index in [9.17, 15) is 4.79 Å². The van der Waals surface area contributed by atoms with E-state index in [4.69, 9.17) is 4.74 Å². The van der Waals surface area contributed by atoms with Crippen molar-refractivity contribution in [2.75, 3.05) is 33.3 Å². The molecule has 1 atom stereocenters. The fourth-order valence-corrected chi connectivity index (χ4v) is 2.95. The van der Waals surface area contributed by atoms with Crippen LogP contribution in [0.2, 0.25) is 0 Å². The molecule has 1 unspecified atom stereocenters. The van der Waals surface area contributed by atoms with Crippen molar-refractivity contribution in [3.05, 3.63) is 0 Å². The molecule has 18 heavy (non-hydrogen) atoms. The van der Waals surface area contributed by atoms with Gasteiger partial charge in [-0.2, -0.15) is 0 Å². The fourth-order valence-electron chi connectivity index (χ4n) is 2.95. The van der Waals surface area contributed by atoms with E-state index in [1.54, 1.807) is 0 Å². The molecule has 0 spiro atoms. The van der Waals surface area contributed by atoms with Crippen molar-refractivity contribution in [3.63, 3.8) is 0 Å². The van der Waals surface area contributed by atoms with Gasteiger partial charge in [0.25, 0.3) is 0 Å². The van der Waals surface area contributed by atoms with E-state index in [1.807, 2.05) is 4.90 Å². The first-order chi connectivity index (χ1) is 8.58. The Bertz CT molecular complexity index is 286. The lowest BCUT2D eigenvalue weighted by molar-refractivity contribution is 0.148. The van der Waals surface area contributed by atoms with E-state index in [-0.39, 0.29) is 12.1 Å². The molecule has 0 aromatic heterocycles. The monoisotopic (exact) mass is 254 g/mol. The van der Waals surface area contributed by atoms with Crippen LogP contribution in [0.5, 0.6) is 0 Å². The van der Waals surface area contributed by atoms with Gasteiger partial charge in [-0.25, -0.2) is 4.79 Å². The zero-order valence-electron chi connectivity index (χ0n) is 11.9. The van der Waals surface area contributed by atoms with Gasteiger partial charge < -0.3 is 14.5 Å². The van der Waals surface area contributed by atoms with Gasteiger partial charge >= 0.3 is 6.09 Å². The average Bonchev–Trinajstić information content (AvgIpc) is 2.70. The first-order valence-electron chi connectivity index (χ1n) is 7.20. The molecule has 0 aromatic rings. The smallest absolute Gasteiger partial charge is 0.410 e. The summed E-state index contributed by atoms with van der Waals surface area (Å²) in [5, 5.41) is 0. The van der Waals surface area contributed by atoms with Crippen LogP contribution in [-0.2, 0) is 4.74 Å². The van der Waals surface area contributed by atoms with E-state index in [2.05, 4.69) is 25.8 Å². The van der Waals surface area contributed by atoms with E-state index >= 15 is 0 Å². The summed E-state index contributed by atoms with van der Waals surface area (Å²) >= 11 is 0. The van der Waals surface area contributed by atoms with Gasteiger partial charge in [-0.1, -0.05) is 13.8 Å². The molecule has 0 N–H and O–H groups in total. The van der Waals surface area contributed by atoms with E-state index in [0.29, 0.717) is 12.5 Å². The topological polar surface area (TPSA) is 32.8 Å². The van der Waals surface area contributed by atoms with Gasteiger partial charge in [0, 0.05) is 6.54 Å². The highest BCUT2D eigenvalue weighted by molar-refractivity contribution is 5.70. The van der Waals surface area contributed by atoms with Gasteiger partial charge in [-0.15, -0.1) is 0 Å². The van der Waals surface area contributed by atoms with Crippen molar-refractivity contribution in [3.8, 4) is 0 Å². The molecule has 0 aliphatic carbocycles. The third kappa shape index (κ3) is 3.16. The maximum atomic E-state index is 11.7. The van der Waals surface area contributed by atoms with Crippen molar-refractivity contribution < 1.29 is 9.53 Å². The van der Waals surface area contributed by atoms with Gasteiger partial charge in [0.1, 0.15) is 6.61 Å². The van der Waals surface area contributed by atoms with Crippen molar-refractivity contribution >= 4 is 6.09 Å². The average molecular weight is 254 g/mol. The summed E-state index contributed by atoms with van der Waals surface area (Å²) in [6.07, 6.45) is 3.56. The second-order valence-corrected chi connectivity index (χ2v) is 6.12. The zero-order chi connectivity index (χ0) is 13.1. The molecule has 0 aromatic carbocycles. The summed E-state index contributed by atoms with van der Waals surface area (Å²) < 4.78 is 5.18. The van der Waals surface area contributed by atoms with Crippen molar-refractivity contribution in [1.82, 2.24) is 9.80 Å². The van der Waals surface area contributed by atoms with Crippen LogP contribution in [0.4, 0.5) is 4.79 Å². The number of likely N-dealkylation sites (tertiary alicyclic amines) is 1. The van der Waals surface area contributed by atoms with Crippen LogP contribution in [0, 0.1) is 11.8 Å². The minimum Gasteiger partial charge on any atom is -0.447 e. The molecule has 4 heteroatoms. The predicted octanol–water partition coefficient (Wildman–Crippen LogP) is 2.20. The molecule has 2 heterocycles. The van der Waals surface area contributed by atoms with Gasteiger partial charge in [-0.3, -0.25) is 0 Å². The van der Waals surface area contributed by atoms with E-state index < -0.39 is 0 Å². The summed E-state index contributed by atoms with van der Waals surface area (Å²) in [5.41, 5.74) is 0. The summed E-state index contributed by atoms with van der Waals surface area (Å²) in [6, 6.07) is 0.281. The molecule has 2 rings (SSSR count). The van der Waals surface area contributed by atoms with Crippen molar-refractivity contribution in [1.29, 1.82) is 0 Å². The van der Waals surface area contributed by atoms with Gasteiger partial charge in [0.15, 0.2) is 0 Å². The largest absolute Gasteiger partial charge is 0.447 e. The summed E-state index contributed by atoms with van der Waals surface area (Å²) in [6.45, 7) is 8.16. The molecule has 1 amide bonds. The maximum Gasteiger partial charge on any atom is 0.410 e. The van der Waals surface area contributed by atoms with Crippen LogP contribution in [0.25, 0.3) is 0 Å². The molecule has 0 bridgehead atoms. The lowest BCUT2D eigenvalue weighted by atomic mass is 9.93. The second-order valence-electron chi connectivity index (χ2n) is 6.12. The van der Waals surface area contributed by atoms with Crippen molar-refractivity contribution in [2.24, 2.45) is 11.8 Å². The van der Waals surface area contributed by atoms with E-state index in [0.717, 1.165) is 18.9 Å². The minimum atomic E-state index is -0.110. The number of rotatable bonds is 4. The van der Waals surface area contributed by atoms with Crippen LogP contribution in [0.1, 0.15) is 33.1 Å². The Morgan fingerprint density at radius 1 is 1.33 bits per heavy atom. The Labute approximate surface area is 110 Å². The molecule has 2 fully saturated rings. The number of nitrogens with zero attached hydrogens (tertiary/aromatic N) is 2.